The lowest BCUT2D eigenvalue weighted by atomic mass is 10.3. The summed E-state index contributed by atoms with van der Waals surface area (Å²) in [6, 6.07) is 13.8. The van der Waals surface area contributed by atoms with Crippen LogP contribution in [0.1, 0.15) is 17.9 Å². The molecule has 0 saturated heterocycles. The molecule has 3 aromatic rings. The molecule has 0 atom stereocenters. The molecule has 130 valence electrons. The molecule has 0 aliphatic heterocycles. The lowest BCUT2D eigenvalue weighted by Crippen LogP contribution is -2.30. The third-order valence-corrected chi connectivity index (χ3v) is 4.67. The van der Waals surface area contributed by atoms with Crippen molar-refractivity contribution in [3.8, 4) is 0 Å². The minimum absolute atomic E-state index is 0.0309. The number of amides is 1. The smallest absolute Gasteiger partial charge is 0.224 e. The standard InChI is InChI=1S/C19H18FNO3S/c20-17-7-1-2-8-18(17)25-12-9-19(22)21(13-15-5-3-10-23-15)14-16-6-4-11-24-16/h1-8,10-11H,9,12-14H2. The third kappa shape index (κ3) is 5.00. The Hall–Kier alpha value is -2.47. The summed E-state index contributed by atoms with van der Waals surface area (Å²) in [5, 5.41) is 0. The van der Waals surface area contributed by atoms with Crippen molar-refractivity contribution in [3.05, 3.63) is 78.4 Å². The molecule has 0 N–H and O–H groups in total. The molecule has 3 rings (SSSR count). The first-order chi connectivity index (χ1) is 12.2. The van der Waals surface area contributed by atoms with E-state index in [0.29, 0.717) is 41.7 Å². The van der Waals surface area contributed by atoms with Gasteiger partial charge in [-0.05, 0) is 36.4 Å². The summed E-state index contributed by atoms with van der Waals surface area (Å²) in [4.78, 5) is 14.8. The van der Waals surface area contributed by atoms with Crippen molar-refractivity contribution in [2.45, 2.75) is 24.4 Å². The number of carbonyl (C=O) groups excluding carboxylic acids is 1. The van der Waals surface area contributed by atoms with Gasteiger partial charge in [0.25, 0.3) is 0 Å². The van der Waals surface area contributed by atoms with E-state index in [1.165, 1.54) is 17.8 Å². The summed E-state index contributed by atoms with van der Waals surface area (Å²) in [5.74, 6) is 1.63. The van der Waals surface area contributed by atoms with Crippen LogP contribution in [-0.2, 0) is 17.9 Å². The quantitative estimate of drug-likeness (QED) is 0.546. The molecule has 0 radical (unpaired) electrons. The molecule has 0 aliphatic rings. The van der Waals surface area contributed by atoms with Gasteiger partial charge >= 0.3 is 0 Å². The van der Waals surface area contributed by atoms with Crippen LogP contribution in [0.15, 0.2) is 74.8 Å². The Labute approximate surface area is 149 Å². The molecule has 0 bridgehead atoms. The van der Waals surface area contributed by atoms with E-state index in [1.807, 2.05) is 12.1 Å². The van der Waals surface area contributed by atoms with Crippen molar-refractivity contribution in [3.63, 3.8) is 0 Å². The maximum absolute atomic E-state index is 13.6. The van der Waals surface area contributed by atoms with Crippen molar-refractivity contribution < 1.29 is 18.0 Å². The Kier molecular flexibility index (Phi) is 5.95. The van der Waals surface area contributed by atoms with Crippen molar-refractivity contribution >= 4 is 17.7 Å². The molecule has 0 saturated carbocycles. The average molecular weight is 359 g/mol. The molecule has 1 amide bonds. The van der Waals surface area contributed by atoms with Gasteiger partial charge in [-0.3, -0.25) is 4.79 Å². The molecule has 0 spiro atoms. The van der Waals surface area contributed by atoms with Crippen LogP contribution in [0.3, 0.4) is 0 Å². The Morgan fingerprint density at radius 1 is 0.960 bits per heavy atom. The number of rotatable bonds is 8. The zero-order valence-corrected chi connectivity index (χ0v) is 14.4. The van der Waals surface area contributed by atoms with Crippen molar-refractivity contribution in [2.75, 3.05) is 5.75 Å². The van der Waals surface area contributed by atoms with Gasteiger partial charge in [0.05, 0.1) is 25.6 Å². The van der Waals surface area contributed by atoms with Crippen molar-refractivity contribution in [2.24, 2.45) is 0 Å². The van der Waals surface area contributed by atoms with Crippen molar-refractivity contribution in [1.82, 2.24) is 4.90 Å². The lowest BCUT2D eigenvalue weighted by molar-refractivity contribution is -0.132. The van der Waals surface area contributed by atoms with Gasteiger partial charge in [0.15, 0.2) is 0 Å². The van der Waals surface area contributed by atoms with E-state index in [4.69, 9.17) is 8.83 Å². The Morgan fingerprint density at radius 3 is 2.16 bits per heavy atom. The third-order valence-electron chi connectivity index (χ3n) is 3.62. The van der Waals surface area contributed by atoms with Crippen LogP contribution in [0.2, 0.25) is 0 Å². The van der Waals surface area contributed by atoms with E-state index in [9.17, 15) is 9.18 Å². The van der Waals surface area contributed by atoms with E-state index in [-0.39, 0.29) is 11.7 Å². The monoisotopic (exact) mass is 359 g/mol. The molecule has 1 aromatic carbocycles. The fourth-order valence-electron chi connectivity index (χ4n) is 2.38. The number of nitrogens with zero attached hydrogens (tertiary/aromatic N) is 1. The van der Waals surface area contributed by atoms with Crippen molar-refractivity contribution in [1.29, 1.82) is 0 Å². The number of halogens is 1. The highest BCUT2D eigenvalue weighted by Gasteiger charge is 2.17. The van der Waals surface area contributed by atoms with Crippen LogP contribution in [0, 0.1) is 5.82 Å². The van der Waals surface area contributed by atoms with Gasteiger partial charge in [0.2, 0.25) is 5.91 Å². The average Bonchev–Trinajstić information content (AvgIpc) is 3.30. The first kappa shape index (κ1) is 17.4. The zero-order valence-electron chi connectivity index (χ0n) is 13.6. The normalized spacial score (nSPS) is 10.8. The maximum atomic E-state index is 13.6. The van der Waals surface area contributed by atoms with Crippen LogP contribution >= 0.6 is 11.8 Å². The number of hydrogen-bond donors (Lipinski definition) is 0. The van der Waals surface area contributed by atoms with Gasteiger partial charge in [0.1, 0.15) is 17.3 Å². The molecule has 25 heavy (non-hydrogen) atoms. The Bertz CT molecular complexity index is 751. The SMILES string of the molecule is O=C(CCSc1ccccc1F)N(Cc1ccco1)Cc1ccco1. The van der Waals surface area contributed by atoms with Crippen LogP contribution in [0.25, 0.3) is 0 Å². The molecule has 0 fully saturated rings. The van der Waals surface area contributed by atoms with E-state index in [0.717, 1.165) is 0 Å². The van der Waals surface area contributed by atoms with E-state index < -0.39 is 0 Å². The number of carbonyl (C=O) groups is 1. The van der Waals surface area contributed by atoms with Gasteiger partial charge in [-0.25, -0.2) is 4.39 Å². The fraction of sp³-hybridized carbons (Fsp3) is 0.211. The Morgan fingerprint density at radius 2 is 1.60 bits per heavy atom. The van der Waals surface area contributed by atoms with Gasteiger partial charge in [-0.1, -0.05) is 12.1 Å². The fourth-order valence-corrected chi connectivity index (χ4v) is 3.26. The van der Waals surface area contributed by atoms with Crippen LogP contribution in [-0.4, -0.2) is 16.6 Å². The number of furan rings is 2. The second-order valence-electron chi connectivity index (χ2n) is 5.44. The molecular formula is C19H18FNO3S. The Balaban J connectivity index is 1.59. The molecular weight excluding hydrogens is 341 g/mol. The summed E-state index contributed by atoms with van der Waals surface area (Å²) in [5.41, 5.74) is 0. The summed E-state index contributed by atoms with van der Waals surface area (Å²) in [6.07, 6.45) is 3.47. The maximum Gasteiger partial charge on any atom is 0.224 e. The highest BCUT2D eigenvalue weighted by molar-refractivity contribution is 7.99. The van der Waals surface area contributed by atoms with Gasteiger partial charge < -0.3 is 13.7 Å². The highest BCUT2D eigenvalue weighted by Crippen LogP contribution is 2.22. The van der Waals surface area contributed by atoms with Crippen LogP contribution in [0.4, 0.5) is 4.39 Å². The molecule has 4 nitrogen and oxygen atoms in total. The largest absolute Gasteiger partial charge is 0.467 e. The minimum atomic E-state index is -0.261. The van der Waals surface area contributed by atoms with Crippen LogP contribution < -0.4 is 0 Å². The van der Waals surface area contributed by atoms with E-state index in [1.54, 1.807) is 47.8 Å². The summed E-state index contributed by atoms with van der Waals surface area (Å²) in [7, 11) is 0. The van der Waals surface area contributed by atoms with Gasteiger partial charge in [-0.2, -0.15) is 0 Å². The van der Waals surface area contributed by atoms with Gasteiger partial charge in [0, 0.05) is 17.1 Å². The number of thioether (sulfide) groups is 1. The molecule has 0 unspecified atom stereocenters. The summed E-state index contributed by atoms with van der Waals surface area (Å²) >= 11 is 1.34. The summed E-state index contributed by atoms with van der Waals surface area (Å²) in [6.45, 7) is 0.744. The van der Waals surface area contributed by atoms with E-state index in [2.05, 4.69) is 0 Å². The topological polar surface area (TPSA) is 46.6 Å². The predicted octanol–water partition coefficient (Wildman–Crippen LogP) is 4.72. The molecule has 2 heterocycles. The molecule has 6 heteroatoms. The highest BCUT2D eigenvalue weighted by atomic mass is 32.2. The first-order valence-electron chi connectivity index (χ1n) is 7.92. The minimum Gasteiger partial charge on any atom is -0.467 e. The number of benzene rings is 1. The lowest BCUT2D eigenvalue weighted by Gasteiger charge is -2.20. The van der Waals surface area contributed by atoms with Gasteiger partial charge in [-0.15, -0.1) is 11.8 Å². The number of hydrogen-bond acceptors (Lipinski definition) is 4. The van der Waals surface area contributed by atoms with E-state index >= 15 is 0 Å². The second kappa shape index (κ2) is 8.58. The molecule has 0 aliphatic carbocycles. The summed E-state index contributed by atoms with van der Waals surface area (Å²) < 4.78 is 24.3. The zero-order chi connectivity index (χ0) is 17.5. The second-order valence-corrected chi connectivity index (χ2v) is 6.57. The van der Waals surface area contributed by atoms with Crippen LogP contribution in [0.5, 0.6) is 0 Å². The first-order valence-corrected chi connectivity index (χ1v) is 8.91. The molecule has 2 aromatic heterocycles. The predicted molar refractivity (Wildman–Crippen MR) is 93.4 cm³/mol.